The average Bonchev–Trinajstić information content (AvgIpc) is 2.24. The van der Waals surface area contributed by atoms with E-state index < -0.39 is 22.8 Å². The van der Waals surface area contributed by atoms with E-state index in [0.717, 1.165) is 12.1 Å². The van der Waals surface area contributed by atoms with Crippen molar-refractivity contribution in [1.82, 2.24) is 0 Å². The summed E-state index contributed by atoms with van der Waals surface area (Å²) in [4.78, 5) is 0. The number of rotatable bonds is 2. The molecule has 1 aliphatic rings. The first-order valence-corrected chi connectivity index (χ1v) is 5.75. The lowest BCUT2D eigenvalue weighted by Crippen LogP contribution is -2.54. The summed E-state index contributed by atoms with van der Waals surface area (Å²) in [7, 11) is 0. The minimum absolute atomic E-state index is 0.248. The van der Waals surface area contributed by atoms with E-state index in [4.69, 9.17) is 5.73 Å². The number of alkyl halides is 4. The van der Waals surface area contributed by atoms with Crippen LogP contribution in [-0.4, -0.2) is 12.2 Å². The summed E-state index contributed by atoms with van der Waals surface area (Å²) in [6, 6.07) is 4.87. The van der Waals surface area contributed by atoms with Gasteiger partial charge in [-0.05, 0) is 37.5 Å². The zero-order valence-electron chi connectivity index (χ0n) is 10.0. The zero-order chi connectivity index (χ0) is 13.6. The number of halogens is 4. The highest BCUT2D eigenvalue weighted by Crippen LogP contribution is 2.51. The Hall–Kier alpha value is -1.10. The number of benzene rings is 1. The maximum absolute atomic E-state index is 13.6. The number of nitrogens with two attached hydrogens (primary N) is 1. The van der Waals surface area contributed by atoms with E-state index in [1.165, 1.54) is 19.1 Å². The maximum Gasteiger partial charge on any atom is 0.416 e. The Kier molecular flexibility index (Phi) is 2.93. The van der Waals surface area contributed by atoms with Gasteiger partial charge in [0.15, 0.2) is 0 Å². The molecule has 1 fully saturated rings. The maximum atomic E-state index is 13.6. The van der Waals surface area contributed by atoms with Gasteiger partial charge in [-0.3, -0.25) is 0 Å². The molecule has 1 saturated carbocycles. The molecular weight excluding hydrogens is 246 g/mol. The molecule has 2 rings (SSSR count). The standard InChI is InChI=1S/C13H15F4N/c1-11(14)6-12(7-11,8-18)9-2-4-10(5-3-9)13(15,16)17/h2-5H,6-8,18H2,1H3. The third-order valence-electron chi connectivity index (χ3n) is 3.63. The largest absolute Gasteiger partial charge is 0.416 e. The SMILES string of the molecule is CC1(F)CC(CN)(c2ccc(C(F)(F)F)cc2)C1. The highest BCUT2D eigenvalue weighted by Gasteiger charge is 2.52. The Balaban J connectivity index is 2.25. The van der Waals surface area contributed by atoms with Crippen molar-refractivity contribution in [3.8, 4) is 0 Å². The van der Waals surface area contributed by atoms with Gasteiger partial charge in [0.2, 0.25) is 0 Å². The van der Waals surface area contributed by atoms with Crippen LogP contribution in [0.25, 0.3) is 0 Å². The summed E-state index contributed by atoms with van der Waals surface area (Å²) in [5.41, 5.74) is 3.88. The lowest BCUT2D eigenvalue weighted by Gasteiger charge is -2.50. The molecule has 0 bridgehead atoms. The van der Waals surface area contributed by atoms with E-state index in [0.29, 0.717) is 5.56 Å². The molecule has 0 unspecified atom stereocenters. The van der Waals surface area contributed by atoms with E-state index in [1.807, 2.05) is 0 Å². The molecule has 0 spiro atoms. The van der Waals surface area contributed by atoms with Gasteiger partial charge in [0.05, 0.1) is 5.56 Å². The predicted molar refractivity (Wildman–Crippen MR) is 60.9 cm³/mol. The van der Waals surface area contributed by atoms with Crippen LogP contribution in [0.15, 0.2) is 24.3 Å². The molecule has 0 atom stereocenters. The molecule has 18 heavy (non-hydrogen) atoms. The summed E-state index contributed by atoms with van der Waals surface area (Å²) in [6.45, 7) is 1.74. The third kappa shape index (κ3) is 2.23. The minimum atomic E-state index is -4.34. The quantitative estimate of drug-likeness (QED) is 0.811. The molecule has 0 saturated heterocycles. The molecular formula is C13H15F4N. The van der Waals surface area contributed by atoms with Crippen molar-refractivity contribution in [2.45, 2.75) is 37.0 Å². The van der Waals surface area contributed by atoms with Crippen LogP contribution in [0.3, 0.4) is 0 Å². The summed E-state index contributed by atoms with van der Waals surface area (Å²) in [6.07, 6.45) is -3.81. The van der Waals surface area contributed by atoms with Gasteiger partial charge >= 0.3 is 6.18 Å². The van der Waals surface area contributed by atoms with Crippen molar-refractivity contribution in [2.24, 2.45) is 5.73 Å². The van der Waals surface area contributed by atoms with Crippen molar-refractivity contribution < 1.29 is 17.6 Å². The molecule has 5 heteroatoms. The predicted octanol–water partition coefficient (Wildman–Crippen LogP) is 3.42. The van der Waals surface area contributed by atoms with Gasteiger partial charge < -0.3 is 5.73 Å². The Labute approximate surface area is 103 Å². The monoisotopic (exact) mass is 261 g/mol. The van der Waals surface area contributed by atoms with Crippen LogP contribution in [0.1, 0.15) is 30.9 Å². The highest BCUT2D eigenvalue weighted by molar-refractivity contribution is 5.35. The normalized spacial score (nSPS) is 32.1. The molecule has 1 aromatic carbocycles. The fraction of sp³-hybridized carbons (Fsp3) is 0.538. The van der Waals surface area contributed by atoms with Crippen LogP contribution >= 0.6 is 0 Å². The molecule has 0 aliphatic heterocycles. The van der Waals surface area contributed by atoms with Gasteiger partial charge in [-0.25, -0.2) is 4.39 Å². The molecule has 1 aliphatic carbocycles. The van der Waals surface area contributed by atoms with Crippen LogP contribution in [0.5, 0.6) is 0 Å². The number of hydrogen-bond acceptors (Lipinski definition) is 1. The first-order chi connectivity index (χ1) is 8.19. The fourth-order valence-electron chi connectivity index (χ4n) is 2.84. The molecule has 2 N–H and O–H groups in total. The Bertz CT molecular complexity index is 425. The highest BCUT2D eigenvalue weighted by atomic mass is 19.4. The van der Waals surface area contributed by atoms with Crippen LogP contribution in [0, 0.1) is 0 Å². The molecule has 1 nitrogen and oxygen atoms in total. The van der Waals surface area contributed by atoms with E-state index in [9.17, 15) is 17.6 Å². The van der Waals surface area contributed by atoms with Gasteiger partial charge in [0.25, 0.3) is 0 Å². The zero-order valence-corrected chi connectivity index (χ0v) is 10.0. The summed E-state index contributed by atoms with van der Waals surface area (Å²) < 4.78 is 50.9. The Morgan fingerprint density at radius 1 is 1.17 bits per heavy atom. The van der Waals surface area contributed by atoms with Gasteiger partial charge in [-0.15, -0.1) is 0 Å². The minimum Gasteiger partial charge on any atom is -0.330 e. The average molecular weight is 261 g/mol. The summed E-state index contributed by atoms with van der Waals surface area (Å²) in [5.74, 6) is 0. The summed E-state index contributed by atoms with van der Waals surface area (Å²) >= 11 is 0. The molecule has 0 amide bonds. The fourth-order valence-corrected chi connectivity index (χ4v) is 2.84. The van der Waals surface area contributed by atoms with Crippen molar-refractivity contribution in [2.75, 3.05) is 6.54 Å². The van der Waals surface area contributed by atoms with E-state index >= 15 is 0 Å². The van der Waals surface area contributed by atoms with Crippen molar-refractivity contribution in [3.63, 3.8) is 0 Å². The molecule has 0 radical (unpaired) electrons. The first kappa shape index (κ1) is 13.3. The van der Waals surface area contributed by atoms with Crippen LogP contribution < -0.4 is 5.73 Å². The van der Waals surface area contributed by atoms with Gasteiger partial charge in [-0.2, -0.15) is 13.2 Å². The van der Waals surface area contributed by atoms with Crippen LogP contribution in [0.2, 0.25) is 0 Å². The topological polar surface area (TPSA) is 26.0 Å². The number of hydrogen-bond donors (Lipinski definition) is 1. The lowest BCUT2D eigenvalue weighted by molar-refractivity contribution is -0.137. The van der Waals surface area contributed by atoms with E-state index in [-0.39, 0.29) is 19.4 Å². The summed E-state index contributed by atoms with van der Waals surface area (Å²) in [5, 5.41) is 0. The lowest BCUT2D eigenvalue weighted by atomic mass is 9.57. The second-order valence-electron chi connectivity index (χ2n) is 5.33. The molecule has 1 aromatic rings. The van der Waals surface area contributed by atoms with Gasteiger partial charge in [0, 0.05) is 12.0 Å². The van der Waals surface area contributed by atoms with Crippen molar-refractivity contribution in [1.29, 1.82) is 0 Å². The Morgan fingerprint density at radius 3 is 2.00 bits per heavy atom. The van der Waals surface area contributed by atoms with E-state index in [2.05, 4.69) is 0 Å². The smallest absolute Gasteiger partial charge is 0.330 e. The van der Waals surface area contributed by atoms with E-state index in [1.54, 1.807) is 0 Å². The third-order valence-corrected chi connectivity index (χ3v) is 3.63. The van der Waals surface area contributed by atoms with Crippen LogP contribution in [0.4, 0.5) is 17.6 Å². The molecule has 0 heterocycles. The Morgan fingerprint density at radius 2 is 1.67 bits per heavy atom. The second kappa shape index (κ2) is 3.95. The second-order valence-corrected chi connectivity index (χ2v) is 5.33. The van der Waals surface area contributed by atoms with Gasteiger partial charge in [-0.1, -0.05) is 12.1 Å². The molecule has 0 aromatic heterocycles. The van der Waals surface area contributed by atoms with Crippen LogP contribution in [-0.2, 0) is 11.6 Å². The first-order valence-electron chi connectivity index (χ1n) is 5.75. The molecule has 100 valence electrons. The van der Waals surface area contributed by atoms with Gasteiger partial charge in [0.1, 0.15) is 5.67 Å². The van der Waals surface area contributed by atoms with Crippen molar-refractivity contribution >= 4 is 0 Å². The van der Waals surface area contributed by atoms with Crippen molar-refractivity contribution in [3.05, 3.63) is 35.4 Å².